The molecule has 42 heavy (non-hydrogen) atoms. The Morgan fingerprint density at radius 1 is 0.738 bits per heavy atom. The second kappa shape index (κ2) is 10.9. The van der Waals surface area contributed by atoms with Crippen LogP contribution in [0.2, 0.25) is 5.02 Å². The van der Waals surface area contributed by atoms with Crippen LogP contribution >= 0.6 is 11.6 Å². The first-order valence-electron chi connectivity index (χ1n) is 14.8. The number of carbonyl (C=O) groups excluding carboxylic acids is 2. The van der Waals surface area contributed by atoms with E-state index < -0.39 is 0 Å². The van der Waals surface area contributed by atoms with Crippen molar-refractivity contribution in [3.63, 3.8) is 0 Å². The van der Waals surface area contributed by atoms with Gasteiger partial charge in [0.05, 0.1) is 0 Å². The summed E-state index contributed by atoms with van der Waals surface area (Å²) < 4.78 is 6.06. The third-order valence-corrected chi connectivity index (χ3v) is 8.95. The normalized spacial score (nSPS) is 20.0. The Kier molecular flexibility index (Phi) is 7.39. The fraction of sp³-hybridized carbons (Fsp3) is 0.351. The molecule has 6 rings (SSSR count). The van der Waals surface area contributed by atoms with Crippen molar-refractivity contribution in [3.05, 3.63) is 123 Å². The van der Waals surface area contributed by atoms with Gasteiger partial charge in [0, 0.05) is 52.9 Å². The Morgan fingerprint density at radius 3 is 1.88 bits per heavy atom. The molecule has 3 aromatic carbocycles. The summed E-state index contributed by atoms with van der Waals surface area (Å²) in [5.74, 6) is 0.664. The van der Waals surface area contributed by atoms with E-state index in [1.165, 1.54) is 5.56 Å². The Bertz CT molecular complexity index is 1540. The maximum atomic E-state index is 14.0. The number of ether oxygens (including phenoxy) is 1. The number of ketones is 2. The number of benzene rings is 3. The summed E-state index contributed by atoms with van der Waals surface area (Å²) in [4.78, 5) is 30.4. The monoisotopic (exact) mass is 579 g/mol. The van der Waals surface area contributed by atoms with Crippen molar-refractivity contribution in [2.45, 2.75) is 72.4 Å². The highest BCUT2D eigenvalue weighted by Gasteiger charge is 2.48. The minimum atomic E-state index is -0.365. The zero-order valence-corrected chi connectivity index (χ0v) is 25.6. The van der Waals surface area contributed by atoms with Gasteiger partial charge in [-0.2, -0.15) is 0 Å². The van der Waals surface area contributed by atoms with Crippen LogP contribution in [0.25, 0.3) is 0 Å². The first kappa shape index (κ1) is 28.5. The van der Waals surface area contributed by atoms with Gasteiger partial charge >= 0.3 is 0 Å². The molecule has 0 atom stereocenters. The lowest BCUT2D eigenvalue weighted by Crippen LogP contribution is -2.44. The summed E-state index contributed by atoms with van der Waals surface area (Å²) in [5, 5.41) is 0.680. The largest absolute Gasteiger partial charge is 0.489 e. The van der Waals surface area contributed by atoms with Gasteiger partial charge in [-0.3, -0.25) is 9.59 Å². The molecule has 0 aromatic heterocycles. The highest BCUT2D eigenvalue weighted by atomic mass is 35.5. The van der Waals surface area contributed by atoms with Crippen LogP contribution in [0.4, 0.5) is 0 Å². The first-order valence-corrected chi connectivity index (χ1v) is 15.2. The first-order chi connectivity index (χ1) is 20.0. The topological polar surface area (TPSA) is 46.6 Å². The van der Waals surface area contributed by atoms with Gasteiger partial charge in [0.1, 0.15) is 12.4 Å². The van der Waals surface area contributed by atoms with E-state index in [1.54, 1.807) is 0 Å². The van der Waals surface area contributed by atoms with Crippen LogP contribution in [0.3, 0.4) is 0 Å². The van der Waals surface area contributed by atoms with Crippen molar-refractivity contribution in [2.24, 2.45) is 10.8 Å². The molecule has 0 saturated carbocycles. The quantitative estimate of drug-likeness (QED) is 0.293. The molecule has 4 nitrogen and oxygen atoms in total. The second-order valence-corrected chi connectivity index (χ2v) is 14.0. The Hall–Kier alpha value is -3.63. The number of hydrogen-bond acceptors (Lipinski definition) is 4. The minimum absolute atomic E-state index is 0.148. The maximum absolute atomic E-state index is 14.0. The van der Waals surface area contributed by atoms with Gasteiger partial charge < -0.3 is 9.64 Å². The molecule has 2 aliphatic carbocycles. The SMILES string of the molecule is CC1(C)CC(=O)C2=C(C1)N(Cc1ccccc1)C1=C(C(=O)CC(C)(C)C1)C2c1ccc(OCc2cccc(Cl)c2)cc1. The van der Waals surface area contributed by atoms with Crippen LogP contribution < -0.4 is 4.74 Å². The number of Topliss-reactive ketones (excluding diaryl/α,β-unsaturated/α-hetero) is 2. The summed E-state index contributed by atoms with van der Waals surface area (Å²) in [7, 11) is 0. The average Bonchev–Trinajstić information content (AvgIpc) is 2.92. The van der Waals surface area contributed by atoms with Crippen LogP contribution in [0, 0.1) is 10.8 Å². The second-order valence-electron chi connectivity index (χ2n) is 13.6. The van der Waals surface area contributed by atoms with Gasteiger partial charge in [-0.1, -0.05) is 93.9 Å². The van der Waals surface area contributed by atoms with E-state index in [9.17, 15) is 9.59 Å². The number of hydrogen-bond donors (Lipinski definition) is 0. The zero-order valence-electron chi connectivity index (χ0n) is 24.9. The predicted octanol–water partition coefficient (Wildman–Crippen LogP) is 8.80. The lowest BCUT2D eigenvalue weighted by atomic mass is 9.63. The van der Waals surface area contributed by atoms with Crippen molar-refractivity contribution >= 4 is 23.2 Å². The number of rotatable bonds is 6. The van der Waals surface area contributed by atoms with Crippen molar-refractivity contribution in [1.82, 2.24) is 4.90 Å². The van der Waals surface area contributed by atoms with Gasteiger partial charge in [0.2, 0.25) is 0 Å². The molecule has 0 fully saturated rings. The molecule has 5 heteroatoms. The number of carbonyl (C=O) groups is 2. The molecule has 0 N–H and O–H groups in total. The van der Waals surface area contributed by atoms with Gasteiger partial charge in [0.25, 0.3) is 0 Å². The van der Waals surface area contributed by atoms with Crippen LogP contribution in [0.15, 0.2) is 101 Å². The number of nitrogens with zero attached hydrogens (tertiary/aromatic N) is 1. The van der Waals surface area contributed by atoms with Crippen LogP contribution in [0.5, 0.6) is 5.75 Å². The van der Waals surface area contributed by atoms with Crippen LogP contribution in [0.1, 0.15) is 76.0 Å². The predicted molar refractivity (Wildman–Crippen MR) is 167 cm³/mol. The molecule has 0 radical (unpaired) electrons. The Labute approximate surface area is 254 Å². The average molecular weight is 580 g/mol. The van der Waals surface area contributed by atoms with E-state index in [2.05, 4.69) is 56.9 Å². The van der Waals surface area contributed by atoms with Crippen molar-refractivity contribution < 1.29 is 14.3 Å². The van der Waals surface area contributed by atoms with E-state index in [1.807, 2.05) is 54.6 Å². The fourth-order valence-corrected chi connectivity index (χ4v) is 7.10. The summed E-state index contributed by atoms with van der Waals surface area (Å²) in [5.41, 5.74) is 6.57. The van der Waals surface area contributed by atoms with Gasteiger partial charge in [-0.05, 0) is 64.6 Å². The molecule has 1 heterocycles. The van der Waals surface area contributed by atoms with E-state index in [4.69, 9.17) is 16.3 Å². The van der Waals surface area contributed by atoms with Crippen molar-refractivity contribution in [2.75, 3.05) is 0 Å². The molecular weight excluding hydrogens is 542 g/mol. The summed E-state index contributed by atoms with van der Waals surface area (Å²) >= 11 is 6.14. The van der Waals surface area contributed by atoms with E-state index in [-0.39, 0.29) is 28.3 Å². The highest BCUT2D eigenvalue weighted by molar-refractivity contribution is 6.30. The van der Waals surface area contributed by atoms with Crippen LogP contribution in [-0.2, 0) is 22.7 Å². The lowest BCUT2D eigenvalue weighted by Gasteiger charge is -2.49. The molecule has 216 valence electrons. The molecule has 1 aliphatic heterocycles. The standard InChI is InChI=1S/C37H38ClNO3/c1-36(2)18-29-34(31(40)20-36)33(26-13-15-28(16-14-26)42-23-25-11-8-12-27(38)17-25)35-30(19-37(3,4)21-32(35)41)39(29)22-24-9-6-5-7-10-24/h5-17,33H,18-23H2,1-4H3. The molecule has 0 bridgehead atoms. The zero-order chi connectivity index (χ0) is 29.6. The van der Waals surface area contributed by atoms with Gasteiger partial charge in [-0.15, -0.1) is 0 Å². The van der Waals surface area contributed by atoms with E-state index in [0.717, 1.165) is 52.3 Å². The molecule has 0 saturated heterocycles. The summed E-state index contributed by atoms with van der Waals surface area (Å²) in [6.45, 7) is 9.76. The highest BCUT2D eigenvalue weighted by Crippen LogP contribution is 2.54. The number of allylic oxidation sites excluding steroid dienone is 4. The molecule has 3 aliphatic rings. The third-order valence-electron chi connectivity index (χ3n) is 8.71. The van der Waals surface area contributed by atoms with Crippen molar-refractivity contribution in [1.29, 1.82) is 0 Å². The summed E-state index contributed by atoms with van der Waals surface area (Å²) in [6.07, 6.45) is 2.54. The number of halogens is 1. The minimum Gasteiger partial charge on any atom is -0.489 e. The fourth-order valence-electron chi connectivity index (χ4n) is 6.89. The molecule has 0 unspecified atom stereocenters. The molecular formula is C37H38ClNO3. The van der Waals surface area contributed by atoms with Crippen molar-refractivity contribution in [3.8, 4) is 5.75 Å². The van der Waals surface area contributed by atoms with Gasteiger partial charge in [-0.25, -0.2) is 0 Å². The maximum Gasteiger partial charge on any atom is 0.162 e. The third kappa shape index (κ3) is 5.70. The van der Waals surface area contributed by atoms with Gasteiger partial charge in [0.15, 0.2) is 11.6 Å². The summed E-state index contributed by atoms with van der Waals surface area (Å²) in [6, 6.07) is 26.0. The molecule has 0 spiro atoms. The Morgan fingerprint density at radius 2 is 1.31 bits per heavy atom. The van der Waals surface area contributed by atoms with Crippen LogP contribution in [-0.4, -0.2) is 16.5 Å². The molecule has 0 amide bonds. The smallest absolute Gasteiger partial charge is 0.162 e. The van der Waals surface area contributed by atoms with E-state index in [0.29, 0.717) is 31.0 Å². The lowest BCUT2D eigenvalue weighted by molar-refractivity contribution is -0.119. The van der Waals surface area contributed by atoms with E-state index >= 15 is 0 Å². The molecule has 3 aromatic rings. The Balaban J connectivity index is 1.43.